The van der Waals surface area contributed by atoms with Gasteiger partial charge in [-0.2, -0.15) is 0 Å². The molecule has 0 aliphatic heterocycles. The van der Waals surface area contributed by atoms with Crippen molar-refractivity contribution in [2.75, 3.05) is 21.2 Å². The Morgan fingerprint density at radius 3 is 2.62 bits per heavy atom. The lowest BCUT2D eigenvalue weighted by molar-refractivity contribution is -0.0833. The van der Waals surface area contributed by atoms with Gasteiger partial charge in [0.25, 0.3) is 0 Å². The van der Waals surface area contributed by atoms with Gasteiger partial charge in [0, 0.05) is 33.0 Å². The van der Waals surface area contributed by atoms with Crippen molar-refractivity contribution in [3.63, 3.8) is 0 Å². The summed E-state index contributed by atoms with van der Waals surface area (Å²) < 4.78 is 31.0. The summed E-state index contributed by atoms with van der Waals surface area (Å²) in [7, 11) is 4.70. The Morgan fingerprint density at radius 2 is 2.15 bits per heavy atom. The Morgan fingerprint density at radius 1 is 1.54 bits per heavy atom. The molecule has 13 heavy (non-hydrogen) atoms. The number of alkyl halides is 1. The molecule has 0 spiro atoms. The molecule has 0 radical (unpaired) electrons. The Hall–Kier alpha value is -0.900. The van der Waals surface area contributed by atoms with Gasteiger partial charge in [-0.05, 0) is 6.08 Å². The van der Waals surface area contributed by atoms with Gasteiger partial charge in [0.15, 0.2) is 0 Å². The Kier molecular flexibility index (Phi) is 2.71. The predicted octanol–water partition coefficient (Wildman–Crippen LogP) is 2.00. The molecule has 1 aliphatic carbocycles. The molecule has 0 amide bonds. The van der Waals surface area contributed by atoms with Gasteiger partial charge in [-0.15, -0.1) is 0 Å². The summed E-state index contributed by atoms with van der Waals surface area (Å²) in [5.41, 5.74) is 0.573. The van der Waals surface area contributed by atoms with Crippen LogP contribution in [0.15, 0.2) is 23.7 Å². The summed E-state index contributed by atoms with van der Waals surface area (Å²) in [6.07, 6.45) is 2.20. The first-order valence-corrected chi connectivity index (χ1v) is 3.97. The lowest BCUT2D eigenvalue weighted by Gasteiger charge is -2.28. The van der Waals surface area contributed by atoms with E-state index < -0.39 is 11.7 Å². The average molecular weight is 189 g/mol. The molecule has 1 rings (SSSR count). The van der Waals surface area contributed by atoms with Crippen LogP contribution in [0.3, 0.4) is 0 Å². The van der Waals surface area contributed by atoms with Gasteiger partial charge >= 0.3 is 0 Å². The first kappa shape index (κ1) is 10.2. The fourth-order valence-corrected chi connectivity index (χ4v) is 1.17. The number of hydrogen-bond donors (Lipinski definition) is 0. The Balaban J connectivity index is 2.90. The van der Waals surface area contributed by atoms with Gasteiger partial charge in [-0.3, -0.25) is 0 Å². The van der Waals surface area contributed by atoms with E-state index in [9.17, 15) is 8.78 Å². The third-order valence-electron chi connectivity index (χ3n) is 1.99. The summed E-state index contributed by atoms with van der Waals surface area (Å²) in [6.45, 7) is 0. The second-order valence-electron chi connectivity index (χ2n) is 3.23. The average Bonchev–Trinajstić information content (AvgIpc) is 2.03. The lowest BCUT2D eigenvalue weighted by atomic mass is 10.0. The zero-order chi connectivity index (χ0) is 10.1. The first-order valence-electron chi connectivity index (χ1n) is 3.97. The number of halogens is 2. The summed E-state index contributed by atoms with van der Waals surface area (Å²) in [6, 6.07) is 0. The number of nitrogens with zero attached hydrogens (tertiary/aromatic N) is 1. The van der Waals surface area contributed by atoms with Crippen molar-refractivity contribution in [3.8, 4) is 0 Å². The van der Waals surface area contributed by atoms with E-state index in [1.807, 2.05) is 0 Å². The molecule has 1 unspecified atom stereocenters. The molecule has 0 N–H and O–H groups in total. The van der Waals surface area contributed by atoms with Crippen LogP contribution in [0.4, 0.5) is 8.78 Å². The monoisotopic (exact) mass is 189 g/mol. The predicted molar refractivity (Wildman–Crippen MR) is 46.4 cm³/mol. The highest BCUT2D eigenvalue weighted by atomic mass is 19.2. The molecule has 0 bridgehead atoms. The highest BCUT2D eigenvalue weighted by Crippen LogP contribution is 2.31. The fraction of sp³-hybridized carbons (Fsp3) is 0.556. The van der Waals surface area contributed by atoms with Gasteiger partial charge in [-0.1, -0.05) is 0 Å². The first-order chi connectivity index (χ1) is 5.97. The van der Waals surface area contributed by atoms with Gasteiger partial charge in [-0.25, -0.2) is 8.78 Å². The minimum absolute atomic E-state index is 0.0456. The van der Waals surface area contributed by atoms with Crippen LogP contribution in [0.1, 0.15) is 6.42 Å². The van der Waals surface area contributed by atoms with Gasteiger partial charge in [0.2, 0.25) is 5.85 Å². The highest BCUT2D eigenvalue weighted by molar-refractivity contribution is 5.26. The molecule has 1 atom stereocenters. The standard InChI is InChI=1S/C9H13F2NO/c1-12(2)8-4-7(10)5-9(11,6-8)13-3/h4-5H,6H2,1-3H3. The highest BCUT2D eigenvalue weighted by Gasteiger charge is 2.32. The van der Waals surface area contributed by atoms with E-state index in [4.69, 9.17) is 0 Å². The molecule has 0 heterocycles. The van der Waals surface area contributed by atoms with Crippen LogP contribution in [-0.2, 0) is 4.74 Å². The third-order valence-corrected chi connectivity index (χ3v) is 1.99. The third kappa shape index (κ3) is 2.28. The quantitative estimate of drug-likeness (QED) is 0.658. The minimum atomic E-state index is -2.00. The maximum absolute atomic E-state index is 13.6. The molecule has 0 aromatic carbocycles. The zero-order valence-electron chi connectivity index (χ0n) is 7.97. The van der Waals surface area contributed by atoms with E-state index in [0.717, 1.165) is 6.08 Å². The zero-order valence-corrected chi connectivity index (χ0v) is 7.97. The number of ether oxygens (including phenoxy) is 1. The molecule has 0 aromatic heterocycles. The minimum Gasteiger partial charge on any atom is -0.381 e. The van der Waals surface area contributed by atoms with Crippen LogP contribution in [0.2, 0.25) is 0 Å². The van der Waals surface area contributed by atoms with Crippen molar-refractivity contribution in [2.24, 2.45) is 0 Å². The van der Waals surface area contributed by atoms with Crippen LogP contribution < -0.4 is 0 Å². The summed E-state index contributed by atoms with van der Waals surface area (Å²) >= 11 is 0. The van der Waals surface area contributed by atoms with E-state index in [2.05, 4.69) is 4.74 Å². The number of hydrogen-bond acceptors (Lipinski definition) is 2. The molecule has 0 fully saturated rings. The largest absolute Gasteiger partial charge is 0.381 e. The molecule has 1 aliphatic rings. The number of allylic oxidation sites excluding steroid dienone is 2. The van der Waals surface area contributed by atoms with Crippen molar-refractivity contribution in [3.05, 3.63) is 23.7 Å². The van der Waals surface area contributed by atoms with Crippen molar-refractivity contribution in [1.82, 2.24) is 4.90 Å². The van der Waals surface area contributed by atoms with E-state index in [-0.39, 0.29) is 6.42 Å². The second-order valence-corrected chi connectivity index (χ2v) is 3.23. The fourth-order valence-electron chi connectivity index (χ4n) is 1.17. The molecule has 74 valence electrons. The number of methoxy groups -OCH3 is 1. The van der Waals surface area contributed by atoms with Crippen molar-refractivity contribution in [1.29, 1.82) is 0 Å². The van der Waals surface area contributed by atoms with Crippen molar-refractivity contribution in [2.45, 2.75) is 12.3 Å². The van der Waals surface area contributed by atoms with Crippen LogP contribution >= 0.6 is 0 Å². The van der Waals surface area contributed by atoms with Crippen molar-refractivity contribution < 1.29 is 13.5 Å². The van der Waals surface area contributed by atoms with Gasteiger partial charge in [0.05, 0.1) is 6.42 Å². The molecule has 0 saturated heterocycles. The van der Waals surface area contributed by atoms with E-state index in [1.54, 1.807) is 19.0 Å². The second kappa shape index (κ2) is 3.46. The molecular formula is C9H13F2NO. The normalized spacial score (nSPS) is 28.1. The van der Waals surface area contributed by atoms with Gasteiger partial charge in [0.1, 0.15) is 5.83 Å². The van der Waals surface area contributed by atoms with E-state index in [1.165, 1.54) is 13.2 Å². The maximum Gasteiger partial charge on any atom is 0.236 e. The number of rotatable bonds is 2. The van der Waals surface area contributed by atoms with E-state index >= 15 is 0 Å². The van der Waals surface area contributed by atoms with Gasteiger partial charge < -0.3 is 9.64 Å². The molecule has 0 aromatic rings. The summed E-state index contributed by atoms with van der Waals surface area (Å²) in [5.74, 6) is -2.60. The van der Waals surface area contributed by atoms with Crippen LogP contribution in [0.5, 0.6) is 0 Å². The molecule has 0 saturated carbocycles. The summed E-state index contributed by atoms with van der Waals surface area (Å²) in [5, 5.41) is 0. The molecule has 2 nitrogen and oxygen atoms in total. The van der Waals surface area contributed by atoms with Crippen LogP contribution in [0, 0.1) is 0 Å². The summed E-state index contributed by atoms with van der Waals surface area (Å²) in [4.78, 5) is 1.67. The molecular weight excluding hydrogens is 176 g/mol. The Labute approximate surface area is 76.5 Å². The van der Waals surface area contributed by atoms with E-state index in [0.29, 0.717) is 5.70 Å². The SMILES string of the molecule is COC1(F)C=C(F)C=C(N(C)C)C1. The lowest BCUT2D eigenvalue weighted by Crippen LogP contribution is -2.29. The topological polar surface area (TPSA) is 12.5 Å². The van der Waals surface area contributed by atoms with Crippen LogP contribution in [-0.4, -0.2) is 32.0 Å². The molecule has 4 heteroatoms. The van der Waals surface area contributed by atoms with Crippen LogP contribution in [0.25, 0.3) is 0 Å². The smallest absolute Gasteiger partial charge is 0.236 e. The van der Waals surface area contributed by atoms with Crippen molar-refractivity contribution >= 4 is 0 Å². The Bertz CT molecular complexity index is 260. The maximum atomic E-state index is 13.6.